The summed E-state index contributed by atoms with van der Waals surface area (Å²) >= 11 is 1.45. The van der Waals surface area contributed by atoms with Gasteiger partial charge in [-0.1, -0.05) is 11.8 Å². The summed E-state index contributed by atoms with van der Waals surface area (Å²) in [5.74, 6) is 1.10. The Bertz CT molecular complexity index is 956. The van der Waals surface area contributed by atoms with Crippen LogP contribution in [0.3, 0.4) is 0 Å². The smallest absolute Gasteiger partial charge is 0.242 e. The number of rotatable bonds is 4. The fourth-order valence-corrected chi connectivity index (χ4v) is 5.00. The molecule has 3 heterocycles. The molecule has 0 N–H and O–H groups in total. The van der Waals surface area contributed by atoms with Crippen LogP contribution >= 0.6 is 11.8 Å². The van der Waals surface area contributed by atoms with E-state index in [9.17, 15) is 9.59 Å². The molecule has 0 unspecified atom stereocenters. The highest BCUT2D eigenvalue weighted by Gasteiger charge is 2.31. The molecular formula is C22H26N4O3S. The van der Waals surface area contributed by atoms with Gasteiger partial charge in [-0.3, -0.25) is 14.5 Å². The number of anilines is 2. The molecule has 1 aromatic carbocycles. The van der Waals surface area contributed by atoms with E-state index in [0.29, 0.717) is 18.8 Å². The van der Waals surface area contributed by atoms with E-state index in [-0.39, 0.29) is 18.4 Å². The molecule has 0 radical (unpaired) electrons. The molecule has 158 valence electrons. The van der Waals surface area contributed by atoms with Crippen LogP contribution in [0.25, 0.3) is 0 Å². The fraction of sp³-hybridized carbons (Fsp3) is 0.409. The van der Waals surface area contributed by atoms with Gasteiger partial charge in [0.15, 0.2) is 0 Å². The number of fused-ring (bicyclic) bond motifs is 1. The predicted octanol–water partition coefficient (Wildman–Crippen LogP) is 2.49. The molecule has 8 heteroatoms. The number of methoxy groups -OCH3 is 1. The molecule has 0 saturated carbocycles. The Labute approximate surface area is 181 Å². The summed E-state index contributed by atoms with van der Waals surface area (Å²) in [7, 11) is 1.66. The minimum Gasteiger partial charge on any atom is -0.497 e. The van der Waals surface area contributed by atoms with Gasteiger partial charge in [0.05, 0.1) is 18.6 Å². The first-order chi connectivity index (χ1) is 14.5. The quantitative estimate of drug-likeness (QED) is 0.749. The van der Waals surface area contributed by atoms with Crippen LogP contribution in [-0.4, -0.2) is 67.3 Å². The molecular weight excluding hydrogens is 400 g/mol. The number of aryl methyl sites for hydroxylation is 2. The van der Waals surface area contributed by atoms with Crippen LogP contribution in [0.2, 0.25) is 0 Å². The predicted molar refractivity (Wildman–Crippen MR) is 119 cm³/mol. The molecule has 0 atom stereocenters. The Kier molecular flexibility index (Phi) is 5.85. The Morgan fingerprint density at radius 2 is 1.83 bits per heavy atom. The lowest BCUT2D eigenvalue weighted by atomic mass is 10.2. The van der Waals surface area contributed by atoms with Crippen molar-refractivity contribution < 1.29 is 14.3 Å². The first-order valence-electron chi connectivity index (χ1n) is 10.0. The fourth-order valence-electron chi connectivity index (χ4n) is 3.97. The van der Waals surface area contributed by atoms with Crippen LogP contribution < -0.4 is 14.5 Å². The SMILES string of the molecule is COc1ccc(N2CCN(C(=O)CN3C(=O)CSc4nc(C)cc(C)c43)CC2)cc1. The zero-order valence-electron chi connectivity index (χ0n) is 17.6. The molecule has 30 heavy (non-hydrogen) atoms. The number of benzene rings is 1. The maximum absolute atomic E-state index is 13.0. The molecule has 2 aliphatic rings. The van der Waals surface area contributed by atoms with Gasteiger partial charge in [-0.15, -0.1) is 0 Å². The zero-order valence-corrected chi connectivity index (χ0v) is 18.4. The maximum Gasteiger partial charge on any atom is 0.242 e. The number of piperazine rings is 1. The summed E-state index contributed by atoms with van der Waals surface area (Å²) in [5, 5.41) is 0.837. The highest BCUT2D eigenvalue weighted by atomic mass is 32.2. The molecule has 0 aliphatic carbocycles. The molecule has 0 bridgehead atoms. The van der Waals surface area contributed by atoms with Crippen molar-refractivity contribution in [3.05, 3.63) is 41.6 Å². The largest absolute Gasteiger partial charge is 0.497 e. The molecule has 4 rings (SSSR count). The highest BCUT2D eigenvalue weighted by Crippen LogP contribution is 2.36. The van der Waals surface area contributed by atoms with Crippen LogP contribution in [0, 0.1) is 13.8 Å². The molecule has 7 nitrogen and oxygen atoms in total. The van der Waals surface area contributed by atoms with Crippen LogP contribution in [0.4, 0.5) is 11.4 Å². The van der Waals surface area contributed by atoms with Crippen molar-refractivity contribution in [1.82, 2.24) is 9.88 Å². The minimum atomic E-state index is -0.0357. The van der Waals surface area contributed by atoms with E-state index < -0.39 is 0 Å². The second-order valence-electron chi connectivity index (χ2n) is 7.57. The lowest BCUT2D eigenvalue weighted by molar-refractivity contribution is -0.131. The first kappa shape index (κ1) is 20.5. The van der Waals surface area contributed by atoms with Crippen molar-refractivity contribution in [1.29, 1.82) is 0 Å². The summed E-state index contributed by atoms with van der Waals surface area (Å²) in [6.07, 6.45) is 0. The zero-order chi connectivity index (χ0) is 21.3. The van der Waals surface area contributed by atoms with E-state index in [0.717, 1.165) is 46.5 Å². The number of carbonyl (C=O) groups excluding carboxylic acids is 2. The van der Waals surface area contributed by atoms with Crippen LogP contribution in [0.15, 0.2) is 35.4 Å². The number of carbonyl (C=O) groups is 2. The third-order valence-corrected chi connectivity index (χ3v) is 6.50. The van der Waals surface area contributed by atoms with E-state index >= 15 is 0 Å². The van der Waals surface area contributed by atoms with Crippen molar-refractivity contribution in [3.63, 3.8) is 0 Å². The van der Waals surface area contributed by atoms with E-state index in [2.05, 4.69) is 9.88 Å². The summed E-state index contributed by atoms with van der Waals surface area (Å²) in [6, 6.07) is 9.93. The highest BCUT2D eigenvalue weighted by molar-refractivity contribution is 8.00. The summed E-state index contributed by atoms with van der Waals surface area (Å²) < 4.78 is 5.22. The van der Waals surface area contributed by atoms with Gasteiger partial charge >= 0.3 is 0 Å². The second-order valence-corrected chi connectivity index (χ2v) is 8.53. The van der Waals surface area contributed by atoms with Gasteiger partial charge < -0.3 is 14.5 Å². The number of thioether (sulfide) groups is 1. The monoisotopic (exact) mass is 426 g/mol. The maximum atomic E-state index is 13.0. The van der Waals surface area contributed by atoms with E-state index in [1.54, 1.807) is 12.0 Å². The number of hydrogen-bond donors (Lipinski definition) is 0. The van der Waals surface area contributed by atoms with Crippen molar-refractivity contribution >= 4 is 35.0 Å². The van der Waals surface area contributed by atoms with Crippen LogP contribution in [-0.2, 0) is 9.59 Å². The number of pyridine rings is 1. The van der Waals surface area contributed by atoms with Gasteiger partial charge in [0.1, 0.15) is 17.3 Å². The number of amides is 2. The molecule has 2 amide bonds. The van der Waals surface area contributed by atoms with E-state index in [4.69, 9.17) is 4.74 Å². The first-order valence-corrected chi connectivity index (χ1v) is 11.0. The Morgan fingerprint density at radius 3 is 2.50 bits per heavy atom. The Morgan fingerprint density at radius 1 is 1.13 bits per heavy atom. The van der Waals surface area contributed by atoms with Crippen molar-refractivity contribution in [2.45, 2.75) is 18.9 Å². The number of hydrogen-bond acceptors (Lipinski definition) is 6. The van der Waals surface area contributed by atoms with Gasteiger partial charge in [-0.2, -0.15) is 0 Å². The van der Waals surface area contributed by atoms with Gasteiger partial charge in [0.25, 0.3) is 0 Å². The van der Waals surface area contributed by atoms with E-state index in [1.165, 1.54) is 11.8 Å². The Hall–Kier alpha value is -2.74. The number of ether oxygens (including phenoxy) is 1. The standard InChI is InChI=1S/C22H26N4O3S/c1-15-12-16(2)23-22-21(15)26(20(28)14-30-22)13-19(27)25-10-8-24(9-11-25)17-4-6-18(29-3)7-5-17/h4-7,12H,8-11,13-14H2,1-3H3. The molecule has 2 aliphatic heterocycles. The topological polar surface area (TPSA) is 66.0 Å². The molecule has 2 aromatic rings. The van der Waals surface area contributed by atoms with Gasteiger partial charge in [-0.25, -0.2) is 4.98 Å². The molecule has 0 spiro atoms. The average molecular weight is 427 g/mol. The normalized spacial score (nSPS) is 16.5. The van der Waals surface area contributed by atoms with Crippen LogP contribution in [0.5, 0.6) is 5.75 Å². The summed E-state index contributed by atoms with van der Waals surface area (Å²) in [4.78, 5) is 35.9. The lowest BCUT2D eigenvalue weighted by Crippen LogP contribution is -2.52. The summed E-state index contributed by atoms with van der Waals surface area (Å²) in [6.45, 7) is 6.79. The third kappa shape index (κ3) is 4.09. The van der Waals surface area contributed by atoms with Crippen molar-refractivity contribution in [3.8, 4) is 5.75 Å². The minimum absolute atomic E-state index is 0.0180. The number of nitrogens with zero attached hydrogens (tertiary/aromatic N) is 4. The second kappa shape index (κ2) is 8.55. The average Bonchev–Trinajstić information content (AvgIpc) is 2.75. The molecule has 1 saturated heterocycles. The Balaban J connectivity index is 1.41. The molecule has 1 fully saturated rings. The van der Waals surface area contributed by atoms with Gasteiger partial charge in [-0.05, 0) is 49.7 Å². The number of aromatic nitrogens is 1. The van der Waals surface area contributed by atoms with E-state index in [1.807, 2.05) is 49.1 Å². The van der Waals surface area contributed by atoms with Gasteiger partial charge in [0.2, 0.25) is 11.8 Å². The summed E-state index contributed by atoms with van der Waals surface area (Å²) in [5.41, 5.74) is 3.81. The lowest BCUT2D eigenvalue weighted by Gasteiger charge is -2.37. The third-order valence-electron chi connectivity index (χ3n) is 5.55. The van der Waals surface area contributed by atoms with Crippen LogP contribution in [0.1, 0.15) is 11.3 Å². The van der Waals surface area contributed by atoms with Crippen molar-refractivity contribution in [2.75, 3.05) is 55.4 Å². The molecule has 1 aromatic heterocycles. The van der Waals surface area contributed by atoms with Crippen molar-refractivity contribution in [2.24, 2.45) is 0 Å². The van der Waals surface area contributed by atoms with Gasteiger partial charge in [0, 0.05) is 37.6 Å².